The average Bonchev–Trinajstić information content (AvgIpc) is 2.78. The molecule has 3 rings (SSSR count). The zero-order valence-electron chi connectivity index (χ0n) is 17.6. The van der Waals surface area contributed by atoms with Crippen LogP contribution < -0.4 is 10.5 Å². The van der Waals surface area contributed by atoms with Gasteiger partial charge in [0, 0.05) is 31.6 Å². The average molecular weight is 403 g/mol. The van der Waals surface area contributed by atoms with Crippen molar-refractivity contribution < 1.29 is 9.53 Å². The minimum absolute atomic E-state index is 0.0925. The first-order chi connectivity index (χ1) is 14.7. The fourth-order valence-corrected chi connectivity index (χ4v) is 3.37. The normalized spacial score (nSPS) is 10.9. The van der Waals surface area contributed by atoms with Crippen LogP contribution in [0, 0.1) is 0 Å². The van der Waals surface area contributed by atoms with Gasteiger partial charge in [0.1, 0.15) is 5.75 Å². The first kappa shape index (κ1) is 21.6. The van der Waals surface area contributed by atoms with Crippen molar-refractivity contribution in [1.82, 2.24) is 4.90 Å². The molecule has 0 atom stereocenters. The molecule has 3 aromatic carbocycles. The van der Waals surface area contributed by atoms with E-state index >= 15 is 0 Å². The first-order valence-electron chi connectivity index (χ1n) is 10.5. The van der Waals surface area contributed by atoms with Crippen molar-refractivity contribution in [2.24, 2.45) is 0 Å². The Labute approximate surface area is 179 Å². The largest absolute Gasteiger partial charge is 0.491 e. The first-order valence-corrected chi connectivity index (χ1v) is 10.5. The standard InChI is InChI=1S/C26H30N2O2/c1-2-17-30-26-14-13-23(18-24(26)27)25(29)15-16-28(19-21-9-5-3-6-10-21)20-22-11-7-4-8-12-22/h3-14,18H,2,15-17,19-20,27H2,1H3. The summed E-state index contributed by atoms with van der Waals surface area (Å²) in [4.78, 5) is 15.1. The molecule has 0 unspecified atom stereocenters. The van der Waals surface area contributed by atoms with Gasteiger partial charge in [0.05, 0.1) is 12.3 Å². The van der Waals surface area contributed by atoms with Crippen LogP contribution in [0.5, 0.6) is 5.75 Å². The Morgan fingerprint density at radius 3 is 2.03 bits per heavy atom. The molecular weight excluding hydrogens is 372 g/mol. The second kappa shape index (κ2) is 11.2. The van der Waals surface area contributed by atoms with E-state index in [4.69, 9.17) is 10.5 Å². The lowest BCUT2D eigenvalue weighted by Crippen LogP contribution is -2.25. The number of nitrogens with zero attached hydrogens (tertiary/aromatic N) is 1. The number of rotatable bonds is 11. The Kier molecular flexibility index (Phi) is 8.04. The number of carbonyl (C=O) groups excluding carboxylic acids is 1. The summed E-state index contributed by atoms with van der Waals surface area (Å²) in [5.74, 6) is 0.734. The quantitative estimate of drug-likeness (QED) is 0.348. The number of hydrogen-bond acceptors (Lipinski definition) is 4. The second-order valence-electron chi connectivity index (χ2n) is 7.46. The van der Waals surface area contributed by atoms with Crippen LogP contribution in [0.4, 0.5) is 5.69 Å². The van der Waals surface area contributed by atoms with Crippen LogP contribution in [0.1, 0.15) is 41.3 Å². The van der Waals surface area contributed by atoms with E-state index in [2.05, 4.69) is 29.2 Å². The maximum absolute atomic E-state index is 12.8. The van der Waals surface area contributed by atoms with Crippen LogP contribution in [0.3, 0.4) is 0 Å². The summed E-state index contributed by atoms with van der Waals surface area (Å²) in [6, 6.07) is 26.0. The minimum Gasteiger partial charge on any atom is -0.491 e. The highest BCUT2D eigenvalue weighted by Gasteiger charge is 2.13. The molecule has 0 aliphatic carbocycles. The molecule has 0 heterocycles. The number of carbonyl (C=O) groups is 1. The molecule has 0 fully saturated rings. The molecule has 0 saturated carbocycles. The predicted molar refractivity (Wildman–Crippen MR) is 123 cm³/mol. The maximum Gasteiger partial charge on any atom is 0.164 e. The van der Waals surface area contributed by atoms with Gasteiger partial charge in [0.2, 0.25) is 0 Å². The molecule has 156 valence electrons. The van der Waals surface area contributed by atoms with E-state index in [0.717, 1.165) is 19.5 Å². The molecule has 4 nitrogen and oxygen atoms in total. The van der Waals surface area contributed by atoms with E-state index in [1.54, 1.807) is 12.1 Å². The number of nitrogens with two attached hydrogens (primary N) is 1. The summed E-state index contributed by atoms with van der Waals surface area (Å²) in [7, 11) is 0. The number of ketones is 1. The highest BCUT2D eigenvalue weighted by molar-refractivity contribution is 5.97. The monoisotopic (exact) mass is 402 g/mol. The third-order valence-electron chi connectivity index (χ3n) is 4.95. The van der Waals surface area contributed by atoms with E-state index in [-0.39, 0.29) is 5.78 Å². The van der Waals surface area contributed by atoms with Gasteiger partial charge in [-0.1, -0.05) is 67.6 Å². The van der Waals surface area contributed by atoms with Crippen LogP contribution in [-0.4, -0.2) is 23.8 Å². The van der Waals surface area contributed by atoms with Crippen LogP contribution in [0.25, 0.3) is 0 Å². The summed E-state index contributed by atoms with van der Waals surface area (Å²) >= 11 is 0. The number of anilines is 1. The molecule has 30 heavy (non-hydrogen) atoms. The van der Waals surface area contributed by atoms with E-state index < -0.39 is 0 Å². The molecule has 0 aromatic heterocycles. The molecule has 0 bridgehead atoms. The van der Waals surface area contributed by atoms with E-state index in [1.165, 1.54) is 11.1 Å². The van der Waals surface area contributed by atoms with Crippen molar-refractivity contribution in [3.63, 3.8) is 0 Å². The SMILES string of the molecule is CCCOc1ccc(C(=O)CCN(Cc2ccccc2)Cc2ccccc2)cc1N. The lowest BCUT2D eigenvalue weighted by molar-refractivity contribution is 0.0960. The molecule has 0 aliphatic heterocycles. The fourth-order valence-electron chi connectivity index (χ4n) is 3.37. The van der Waals surface area contributed by atoms with Crippen molar-refractivity contribution in [1.29, 1.82) is 0 Å². The second-order valence-corrected chi connectivity index (χ2v) is 7.46. The van der Waals surface area contributed by atoms with Gasteiger partial charge in [-0.3, -0.25) is 9.69 Å². The topological polar surface area (TPSA) is 55.6 Å². The molecule has 3 aromatic rings. The Balaban J connectivity index is 1.65. The van der Waals surface area contributed by atoms with Crippen LogP contribution in [0.2, 0.25) is 0 Å². The van der Waals surface area contributed by atoms with Gasteiger partial charge in [-0.25, -0.2) is 0 Å². The highest BCUT2D eigenvalue weighted by Crippen LogP contribution is 2.23. The van der Waals surface area contributed by atoms with Gasteiger partial charge in [0.25, 0.3) is 0 Å². The van der Waals surface area contributed by atoms with Crippen LogP contribution in [0.15, 0.2) is 78.9 Å². The van der Waals surface area contributed by atoms with Gasteiger partial charge in [0.15, 0.2) is 5.78 Å². The van der Waals surface area contributed by atoms with Crippen LogP contribution in [-0.2, 0) is 13.1 Å². The summed E-state index contributed by atoms with van der Waals surface area (Å²) in [6.07, 6.45) is 1.35. The zero-order chi connectivity index (χ0) is 21.2. The van der Waals surface area contributed by atoms with E-state index in [1.807, 2.05) is 49.4 Å². The third-order valence-corrected chi connectivity index (χ3v) is 4.95. The zero-order valence-corrected chi connectivity index (χ0v) is 17.6. The predicted octanol–water partition coefficient (Wildman–Crippen LogP) is 5.33. The Morgan fingerprint density at radius 2 is 1.50 bits per heavy atom. The molecular formula is C26H30N2O2. The van der Waals surface area contributed by atoms with Crippen molar-refractivity contribution >= 4 is 11.5 Å². The Bertz CT molecular complexity index is 885. The van der Waals surface area contributed by atoms with Gasteiger partial charge in [-0.2, -0.15) is 0 Å². The number of hydrogen-bond donors (Lipinski definition) is 1. The molecule has 0 radical (unpaired) electrons. The number of benzene rings is 3. The fraction of sp³-hybridized carbons (Fsp3) is 0.269. The third kappa shape index (κ3) is 6.46. The summed E-state index contributed by atoms with van der Waals surface area (Å²) in [6.45, 7) is 4.94. The number of ether oxygens (including phenoxy) is 1. The highest BCUT2D eigenvalue weighted by atomic mass is 16.5. The maximum atomic E-state index is 12.8. The van der Waals surface area contributed by atoms with Gasteiger partial charge in [-0.05, 0) is 35.7 Å². The summed E-state index contributed by atoms with van der Waals surface area (Å²) < 4.78 is 5.61. The summed E-state index contributed by atoms with van der Waals surface area (Å²) in [5, 5.41) is 0. The van der Waals surface area contributed by atoms with Crippen molar-refractivity contribution in [2.45, 2.75) is 32.9 Å². The van der Waals surface area contributed by atoms with Crippen molar-refractivity contribution in [3.8, 4) is 5.75 Å². The van der Waals surface area contributed by atoms with Gasteiger partial charge < -0.3 is 10.5 Å². The molecule has 0 aliphatic rings. The van der Waals surface area contributed by atoms with Gasteiger partial charge in [-0.15, -0.1) is 0 Å². The molecule has 0 saturated heterocycles. The Morgan fingerprint density at radius 1 is 0.900 bits per heavy atom. The Hall–Kier alpha value is -3.11. The van der Waals surface area contributed by atoms with Gasteiger partial charge >= 0.3 is 0 Å². The van der Waals surface area contributed by atoms with E-state index in [0.29, 0.717) is 36.6 Å². The van der Waals surface area contributed by atoms with E-state index in [9.17, 15) is 4.79 Å². The molecule has 0 amide bonds. The lowest BCUT2D eigenvalue weighted by Gasteiger charge is -2.22. The number of Topliss-reactive ketones (excluding diaryl/α,β-unsaturated/α-hetero) is 1. The van der Waals surface area contributed by atoms with Crippen molar-refractivity contribution in [3.05, 3.63) is 95.6 Å². The molecule has 0 spiro atoms. The summed E-state index contributed by atoms with van der Waals surface area (Å²) in [5.41, 5.74) is 9.70. The molecule has 2 N–H and O–H groups in total. The lowest BCUT2D eigenvalue weighted by atomic mass is 10.1. The van der Waals surface area contributed by atoms with Crippen molar-refractivity contribution in [2.75, 3.05) is 18.9 Å². The molecule has 4 heteroatoms. The number of nitrogen functional groups attached to an aromatic ring is 1. The van der Waals surface area contributed by atoms with Crippen LogP contribution >= 0.6 is 0 Å². The smallest absolute Gasteiger partial charge is 0.164 e. The minimum atomic E-state index is 0.0925.